The first-order valence-corrected chi connectivity index (χ1v) is 11.5. The normalized spacial score (nSPS) is 13.5. The van der Waals surface area contributed by atoms with Gasteiger partial charge in [0.15, 0.2) is 5.82 Å². The average Bonchev–Trinajstić information content (AvgIpc) is 3.25. The molecule has 2 N–H and O–H groups in total. The molecule has 0 saturated carbocycles. The number of rotatable bonds is 7. The van der Waals surface area contributed by atoms with E-state index < -0.39 is 0 Å². The van der Waals surface area contributed by atoms with Crippen LogP contribution in [0.1, 0.15) is 38.4 Å². The van der Waals surface area contributed by atoms with Crippen LogP contribution in [0.3, 0.4) is 0 Å². The number of thiazole rings is 1. The van der Waals surface area contributed by atoms with E-state index in [0.717, 1.165) is 40.9 Å². The largest absolute Gasteiger partial charge is 0.345 e. The predicted molar refractivity (Wildman–Crippen MR) is 124 cm³/mol. The van der Waals surface area contributed by atoms with Crippen molar-refractivity contribution in [2.75, 3.05) is 13.1 Å². The van der Waals surface area contributed by atoms with Crippen LogP contribution < -0.4 is 10.6 Å². The van der Waals surface area contributed by atoms with E-state index in [1.54, 1.807) is 17.8 Å². The smallest absolute Gasteiger partial charge is 0.271 e. The summed E-state index contributed by atoms with van der Waals surface area (Å²) in [5.41, 5.74) is 3.82. The first kappa shape index (κ1) is 21.2. The zero-order chi connectivity index (χ0) is 22.6. The number of carbonyl (C=O) groups excluding carboxylic acids is 1. The van der Waals surface area contributed by atoms with Crippen LogP contribution in [0.5, 0.6) is 0 Å². The molecule has 1 aliphatic rings. The highest BCUT2D eigenvalue weighted by atomic mass is 32.1. The summed E-state index contributed by atoms with van der Waals surface area (Å²) in [5, 5.41) is 8.68. The van der Waals surface area contributed by atoms with E-state index in [0.29, 0.717) is 30.2 Å². The third-order valence-electron chi connectivity index (χ3n) is 5.17. The van der Waals surface area contributed by atoms with E-state index in [1.807, 2.05) is 37.3 Å². The summed E-state index contributed by atoms with van der Waals surface area (Å²) >= 11 is 1.44. The maximum absolute atomic E-state index is 12.3. The Bertz CT molecular complexity index is 1290. The standard InChI is InChI=1S/C23H22N8OS/c1-14-3-2-4-18(27-14)22-26-8-6-16(29-22)9-15-5-7-25-20(28-15)10-21-31-19(13-33-21)23(32)30-17-11-24-12-17/h2-8,13,17,24H,9-12H2,1H3,(H,30,32). The molecular formula is C23H22N8OS. The highest BCUT2D eigenvalue weighted by molar-refractivity contribution is 7.09. The zero-order valence-electron chi connectivity index (χ0n) is 18.0. The van der Waals surface area contributed by atoms with Crippen LogP contribution in [0.15, 0.2) is 48.1 Å². The summed E-state index contributed by atoms with van der Waals surface area (Å²) in [6.45, 7) is 3.55. The first-order valence-electron chi connectivity index (χ1n) is 10.6. The minimum Gasteiger partial charge on any atom is -0.345 e. The lowest BCUT2D eigenvalue weighted by Gasteiger charge is -2.27. The second kappa shape index (κ2) is 9.47. The van der Waals surface area contributed by atoms with Gasteiger partial charge in [-0.05, 0) is 31.2 Å². The van der Waals surface area contributed by atoms with Crippen LogP contribution in [0.25, 0.3) is 11.5 Å². The maximum atomic E-state index is 12.3. The van der Waals surface area contributed by atoms with Gasteiger partial charge < -0.3 is 10.6 Å². The summed E-state index contributed by atoms with van der Waals surface area (Å²) in [4.78, 5) is 39.3. The molecule has 0 aromatic carbocycles. The first-order chi connectivity index (χ1) is 16.1. The van der Waals surface area contributed by atoms with Gasteiger partial charge in [0.1, 0.15) is 22.2 Å². The number of hydrogen-bond donors (Lipinski definition) is 2. The number of hydrogen-bond acceptors (Lipinski definition) is 9. The summed E-state index contributed by atoms with van der Waals surface area (Å²) in [6.07, 6.45) is 4.51. The van der Waals surface area contributed by atoms with Crippen molar-refractivity contribution < 1.29 is 4.79 Å². The molecule has 0 aliphatic carbocycles. The predicted octanol–water partition coefficient (Wildman–Crippen LogP) is 1.98. The quantitative estimate of drug-likeness (QED) is 0.432. The van der Waals surface area contributed by atoms with E-state index in [9.17, 15) is 4.79 Å². The summed E-state index contributed by atoms with van der Waals surface area (Å²) in [7, 11) is 0. The maximum Gasteiger partial charge on any atom is 0.271 e. The molecule has 0 spiro atoms. The van der Waals surface area contributed by atoms with Gasteiger partial charge in [-0.2, -0.15) is 0 Å². The number of nitrogens with one attached hydrogen (secondary N) is 2. The fourth-order valence-electron chi connectivity index (χ4n) is 3.38. The van der Waals surface area contributed by atoms with Crippen molar-refractivity contribution in [2.24, 2.45) is 0 Å². The topological polar surface area (TPSA) is 118 Å². The Labute approximate surface area is 194 Å². The SMILES string of the molecule is Cc1cccc(-c2nccc(Cc3ccnc(Cc4nc(C(=O)NC5CNC5)cs4)n3)n2)n1. The Morgan fingerprint density at radius 2 is 1.85 bits per heavy atom. The van der Waals surface area contributed by atoms with Crippen LogP contribution in [0.2, 0.25) is 0 Å². The molecule has 0 radical (unpaired) electrons. The van der Waals surface area contributed by atoms with E-state index in [1.165, 1.54) is 11.3 Å². The molecule has 4 aromatic rings. The van der Waals surface area contributed by atoms with Crippen molar-refractivity contribution in [1.29, 1.82) is 0 Å². The average molecular weight is 459 g/mol. The minimum atomic E-state index is -0.138. The number of amides is 1. The van der Waals surface area contributed by atoms with Crippen molar-refractivity contribution >= 4 is 17.2 Å². The number of carbonyl (C=O) groups is 1. The molecule has 10 heteroatoms. The monoisotopic (exact) mass is 458 g/mol. The molecular weight excluding hydrogens is 436 g/mol. The van der Waals surface area contributed by atoms with Gasteiger partial charge in [0.25, 0.3) is 5.91 Å². The molecule has 4 aromatic heterocycles. The van der Waals surface area contributed by atoms with Crippen molar-refractivity contribution in [1.82, 2.24) is 40.5 Å². The van der Waals surface area contributed by atoms with Gasteiger partial charge in [-0.15, -0.1) is 11.3 Å². The molecule has 0 atom stereocenters. The Balaban J connectivity index is 1.26. The van der Waals surface area contributed by atoms with Gasteiger partial charge >= 0.3 is 0 Å². The number of aryl methyl sites for hydroxylation is 1. The lowest BCUT2D eigenvalue weighted by molar-refractivity contribution is 0.0919. The minimum absolute atomic E-state index is 0.138. The van der Waals surface area contributed by atoms with Crippen LogP contribution >= 0.6 is 11.3 Å². The van der Waals surface area contributed by atoms with E-state index in [2.05, 4.69) is 40.5 Å². The molecule has 5 rings (SSSR count). The van der Waals surface area contributed by atoms with E-state index >= 15 is 0 Å². The Morgan fingerprint density at radius 3 is 2.64 bits per heavy atom. The molecule has 0 bridgehead atoms. The second-order valence-electron chi connectivity index (χ2n) is 7.81. The third-order valence-corrected chi connectivity index (χ3v) is 6.02. The van der Waals surface area contributed by atoms with Crippen molar-refractivity contribution in [3.63, 3.8) is 0 Å². The molecule has 1 aliphatic heterocycles. The molecule has 0 unspecified atom stereocenters. The molecule has 1 amide bonds. The highest BCUT2D eigenvalue weighted by Gasteiger charge is 2.21. The highest BCUT2D eigenvalue weighted by Crippen LogP contribution is 2.16. The van der Waals surface area contributed by atoms with Gasteiger partial charge in [0, 0.05) is 43.0 Å². The van der Waals surface area contributed by atoms with Crippen molar-refractivity contribution in [2.45, 2.75) is 25.8 Å². The van der Waals surface area contributed by atoms with Crippen LogP contribution in [0.4, 0.5) is 0 Å². The van der Waals surface area contributed by atoms with Gasteiger partial charge in [-0.25, -0.2) is 29.9 Å². The Morgan fingerprint density at radius 1 is 1.03 bits per heavy atom. The third kappa shape index (κ3) is 5.24. The fraction of sp³-hybridized carbons (Fsp3) is 0.261. The molecule has 166 valence electrons. The molecule has 9 nitrogen and oxygen atoms in total. The molecule has 5 heterocycles. The Hall–Kier alpha value is -3.63. The van der Waals surface area contributed by atoms with Crippen LogP contribution in [0, 0.1) is 6.92 Å². The van der Waals surface area contributed by atoms with E-state index in [4.69, 9.17) is 0 Å². The van der Waals surface area contributed by atoms with Gasteiger partial charge in [-0.1, -0.05) is 6.07 Å². The van der Waals surface area contributed by atoms with Gasteiger partial charge in [-0.3, -0.25) is 4.79 Å². The second-order valence-corrected chi connectivity index (χ2v) is 8.75. The number of nitrogens with zero attached hydrogens (tertiary/aromatic N) is 6. The fourth-order valence-corrected chi connectivity index (χ4v) is 4.15. The molecule has 1 fully saturated rings. The molecule has 1 saturated heterocycles. The number of pyridine rings is 1. The number of aromatic nitrogens is 6. The zero-order valence-corrected chi connectivity index (χ0v) is 18.8. The summed E-state index contributed by atoms with van der Waals surface area (Å²) in [5.74, 6) is 1.12. The summed E-state index contributed by atoms with van der Waals surface area (Å²) < 4.78 is 0. The lowest BCUT2D eigenvalue weighted by atomic mass is 10.2. The molecule has 33 heavy (non-hydrogen) atoms. The van der Waals surface area contributed by atoms with E-state index in [-0.39, 0.29) is 11.9 Å². The van der Waals surface area contributed by atoms with Crippen molar-refractivity contribution in [3.05, 3.63) is 81.7 Å². The van der Waals surface area contributed by atoms with Crippen molar-refractivity contribution in [3.8, 4) is 11.5 Å². The van der Waals surface area contributed by atoms with Crippen LogP contribution in [-0.2, 0) is 12.8 Å². The lowest BCUT2D eigenvalue weighted by Crippen LogP contribution is -2.56. The van der Waals surface area contributed by atoms with Gasteiger partial charge in [0.05, 0.1) is 23.9 Å². The Kier molecular flexibility index (Phi) is 6.09. The van der Waals surface area contributed by atoms with Gasteiger partial charge in [0.2, 0.25) is 0 Å². The summed E-state index contributed by atoms with van der Waals surface area (Å²) in [6, 6.07) is 9.74. The van der Waals surface area contributed by atoms with Crippen LogP contribution in [-0.4, -0.2) is 54.9 Å².